The Bertz CT molecular complexity index is 458. The molecule has 0 aromatic rings. The van der Waals surface area contributed by atoms with Gasteiger partial charge in [0.1, 0.15) is 6.61 Å². The number of amides is 3. The molecule has 2 saturated heterocycles. The molecule has 2 aliphatic heterocycles. The number of rotatable bonds is 5. The second-order valence-electron chi connectivity index (χ2n) is 6.64. The van der Waals surface area contributed by atoms with Crippen LogP contribution in [-0.2, 0) is 19.1 Å². The first kappa shape index (κ1) is 17.7. The highest BCUT2D eigenvalue weighted by Crippen LogP contribution is 2.21. The van der Waals surface area contributed by atoms with Crippen molar-refractivity contribution in [2.24, 2.45) is 5.92 Å². The van der Waals surface area contributed by atoms with Crippen LogP contribution in [0, 0.1) is 5.92 Å². The molecular weight excluding hydrogens is 298 g/mol. The van der Waals surface area contributed by atoms with Gasteiger partial charge in [0.05, 0.1) is 5.92 Å². The molecular formula is C16H27N3O4. The van der Waals surface area contributed by atoms with Crippen LogP contribution in [0.1, 0.15) is 33.1 Å². The van der Waals surface area contributed by atoms with Gasteiger partial charge in [0.2, 0.25) is 17.7 Å². The summed E-state index contributed by atoms with van der Waals surface area (Å²) in [5, 5.41) is 3.05. The van der Waals surface area contributed by atoms with Crippen LogP contribution in [0.2, 0.25) is 0 Å². The summed E-state index contributed by atoms with van der Waals surface area (Å²) in [6.07, 6.45) is 1.79. The molecule has 7 heteroatoms. The Morgan fingerprint density at radius 1 is 1.30 bits per heavy atom. The second kappa shape index (κ2) is 7.77. The fourth-order valence-corrected chi connectivity index (χ4v) is 3.21. The van der Waals surface area contributed by atoms with E-state index in [0.29, 0.717) is 26.1 Å². The van der Waals surface area contributed by atoms with Crippen molar-refractivity contribution in [1.82, 2.24) is 15.1 Å². The van der Waals surface area contributed by atoms with E-state index in [2.05, 4.69) is 5.32 Å². The van der Waals surface area contributed by atoms with Gasteiger partial charge in [0.25, 0.3) is 0 Å². The van der Waals surface area contributed by atoms with Crippen molar-refractivity contribution < 1.29 is 19.1 Å². The quantitative estimate of drug-likeness (QED) is 0.771. The van der Waals surface area contributed by atoms with E-state index in [-0.39, 0.29) is 42.3 Å². The van der Waals surface area contributed by atoms with E-state index in [4.69, 9.17) is 4.74 Å². The molecule has 0 bridgehead atoms. The zero-order chi connectivity index (χ0) is 17.0. The lowest BCUT2D eigenvalue weighted by Gasteiger charge is -2.32. The van der Waals surface area contributed by atoms with Gasteiger partial charge in [-0.15, -0.1) is 0 Å². The molecule has 2 fully saturated rings. The Morgan fingerprint density at radius 2 is 1.96 bits per heavy atom. The van der Waals surface area contributed by atoms with Crippen LogP contribution in [0.4, 0.5) is 0 Å². The number of likely N-dealkylation sites (tertiary alicyclic amines) is 2. The molecule has 2 heterocycles. The van der Waals surface area contributed by atoms with Crippen LogP contribution in [-0.4, -0.2) is 73.0 Å². The fraction of sp³-hybridized carbons (Fsp3) is 0.812. The van der Waals surface area contributed by atoms with Crippen molar-refractivity contribution in [3.05, 3.63) is 0 Å². The summed E-state index contributed by atoms with van der Waals surface area (Å²) < 4.78 is 4.86. The molecule has 0 aromatic heterocycles. The third kappa shape index (κ3) is 4.43. The van der Waals surface area contributed by atoms with Crippen molar-refractivity contribution in [2.45, 2.75) is 45.2 Å². The predicted octanol–water partition coefficient (Wildman–Crippen LogP) is -0.00310. The van der Waals surface area contributed by atoms with Gasteiger partial charge in [0.15, 0.2) is 0 Å². The molecule has 3 amide bonds. The van der Waals surface area contributed by atoms with Crippen molar-refractivity contribution in [3.63, 3.8) is 0 Å². The highest BCUT2D eigenvalue weighted by Gasteiger charge is 2.36. The Hall–Kier alpha value is -1.63. The van der Waals surface area contributed by atoms with E-state index in [1.807, 2.05) is 13.8 Å². The molecule has 1 atom stereocenters. The van der Waals surface area contributed by atoms with Gasteiger partial charge in [-0.25, -0.2) is 0 Å². The lowest BCUT2D eigenvalue weighted by atomic mass is 10.0. The second-order valence-corrected chi connectivity index (χ2v) is 6.64. The van der Waals surface area contributed by atoms with Gasteiger partial charge >= 0.3 is 0 Å². The highest BCUT2D eigenvalue weighted by molar-refractivity contribution is 5.89. The van der Waals surface area contributed by atoms with E-state index in [0.717, 1.165) is 12.8 Å². The van der Waals surface area contributed by atoms with E-state index in [1.54, 1.807) is 9.80 Å². The van der Waals surface area contributed by atoms with Crippen LogP contribution in [0.25, 0.3) is 0 Å². The molecule has 2 aliphatic rings. The summed E-state index contributed by atoms with van der Waals surface area (Å²) in [6.45, 7) is 5.80. The molecule has 0 aliphatic carbocycles. The molecule has 0 saturated carbocycles. The van der Waals surface area contributed by atoms with Gasteiger partial charge in [-0.3, -0.25) is 14.4 Å². The lowest BCUT2D eigenvalue weighted by molar-refractivity contribution is -0.136. The van der Waals surface area contributed by atoms with Gasteiger partial charge in [-0.05, 0) is 26.7 Å². The van der Waals surface area contributed by atoms with Crippen LogP contribution >= 0.6 is 0 Å². The third-order valence-electron chi connectivity index (χ3n) is 4.61. The van der Waals surface area contributed by atoms with Gasteiger partial charge in [0, 0.05) is 45.2 Å². The number of methoxy groups -OCH3 is 1. The number of carbonyl (C=O) groups excluding carboxylic acids is 3. The Balaban J connectivity index is 1.77. The summed E-state index contributed by atoms with van der Waals surface area (Å²) >= 11 is 0. The molecule has 2 rings (SSSR count). The first-order chi connectivity index (χ1) is 10.9. The topological polar surface area (TPSA) is 79.0 Å². The maximum Gasteiger partial charge on any atom is 0.248 e. The van der Waals surface area contributed by atoms with Gasteiger partial charge in [-0.2, -0.15) is 0 Å². The standard InChI is InChI=1S/C16H27N3O4/c1-11(2)19-9-12(8-14(19)20)16(22)17-13-4-6-18(7-5-13)15(21)10-23-3/h11-13H,4-10H2,1-3H3,(H,17,22). The Kier molecular flexibility index (Phi) is 5.98. The van der Waals surface area contributed by atoms with E-state index in [1.165, 1.54) is 7.11 Å². The molecule has 0 spiro atoms. The van der Waals surface area contributed by atoms with E-state index >= 15 is 0 Å². The summed E-state index contributed by atoms with van der Waals surface area (Å²) in [5.74, 6) is -0.243. The Morgan fingerprint density at radius 3 is 2.48 bits per heavy atom. The Labute approximate surface area is 137 Å². The first-order valence-electron chi connectivity index (χ1n) is 8.29. The van der Waals surface area contributed by atoms with Gasteiger partial charge < -0.3 is 19.9 Å². The van der Waals surface area contributed by atoms with Crippen molar-refractivity contribution >= 4 is 17.7 Å². The maximum absolute atomic E-state index is 12.4. The number of carbonyl (C=O) groups is 3. The number of hydrogen-bond donors (Lipinski definition) is 1. The van der Waals surface area contributed by atoms with E-state index < -0.39 is 0 Å². The van der Waals surface area contributed by atoms with Crippen molar-refractivity contribution in [3.8, 4) is 0 Å². The minimum absolute atomic E-state index is 0.00811. The van der Waals surface area contributed by atoms with Crippen LogP contribution < -0.4 is 5.32 Å². The van der Waals surface area contributed by atoms with E-state index in [9.17, 15) is 14.4 Å². The molecule has 0 radical (unpaired) electrons. The number of ether oxygens (including phenoxy) is 1. The average Bonchev–Trinajstić information content (AvgIpc) is 2.90. The summed E-state index contributed by atoms with van der Waals surface area (Å²) in [7, 11) is 1.51. The molecule has 1 unspecified atom stereocenters. The van der Waals surface area contributed by atoms with Crippen molar-refractivity contribution in [2.75, 3.05) is 33.4 Å². The highest BCUT2D eigenvalue weighted by atomic mass is 16.5. The lowest BCUT2D eigenvalue weighted by Crippen LogP contribution is -2.48. The third-order valence-corrected chi connectivity index (χ3v) is 4.61. The zero-order valence-electron chi connectivity index (χ0n) is 14.2. The summed E-state index contributed by atoms with van der Waals surface area (Å²) in [5.41, 5.74) is 0. The van der Waals surface area contributed by atoms with Crippen LogP contribution in [0.5, 0.6) is 0 Å². The summed E-state index contributed by atoms with van der Waals surface area (Å²) in [4.78, 5) is 39.5. The molecule has 23 heavy (non-hydrogen) atoms. The molecule has 1 N–H and O–H groups in total. The normalized spacial score (nSPS) is 22.8. The van der Waals surface area contributed by atoms with Crippen molar-refractivity contribution in [1.29, 1.82) is 0 Å². The zero-order valence-corrected chi connectivity index (χ0v) is 14.2. The van der Waals surface area contributed by atoms with Crippen LogP contribution in [0.15, 0.2) is 0 Å². The SMILES string of the molecule is COCC(=O)N1CCC(NC(=O)C2CC(=O)N(C(C)C)C2)CC1. The monoisotopic (exact) mass is 325 g/mol. The first-order valence-corrected chi connectivity index (χ1v) is 8.29. The minimum Gasteiger partial charge on any atom is -0.375 e. The maximum atomic E-state index is 12.4. The molecule has 0 aromatic carbocycles. The number of nitrogens with zero attached hydrogens (tertiary/aromatic N) is 2. The predicted molar refractivity (Wildman–Crippen MR) is 84.6 cm³/mol. The smallest absolute Gasteiger partial charge is 0.248 e. The minimum atomic E-state index is -0.252. The summed E-state index contributed by atoms with van der Waals surface area (Å²) in [6, 6.07) is 0.215. The van der Waals surface area contributed by atoms with Gasteiger partial charge in [-0.1, -0.05) is 0 Å². The largest absolute Gasteiger partial charge is 0.375 e. The molecule has 7 nitrogen and oxygen atoms in total. The number of nitrogens with one attached hydrogen (secondary N) is 1. The number of piperidine rings is 1. The average molecular weight is 325 g/mol. The van der Waals surface area contributed by atoms with Crippen LogP contribution in [0.3, 0.4) is 0 Å². The number of hydrogen-bond acceptors (Lipinski definition) is 4. The molecule has 130 valence electrons. The fourth-order valence-electron chi connectivity index (χ4n) is 3.21.